The Morgan fingerprint density at radius 2 is 2.20 bits per heavy atom. The van der Waals surface area contributed by atoms with Crippen molar-refractivity contribution < 1.29 is 9.84 Å². The summed E-state index contributed by atoms with van der Waals surface area (Å²) >= 11 is 5.12. The average Bonchev–Trinajstić information content (AvgIpc) is 2.43. The van der Waals surface area contributed by atoms with Crippen LogP contribution in [0, 0.1) is 11.3 Å². The normalized spacial score (nSPS) is 22.9. The van der Waals surface area contributed by atoms with Crippen LogP contribution in [0.25, 0.3) is 0 Å². The highest BCUT2D eigenvalue weighted by molar-refractivity contribution is 7.80. The molecule has 0 aromatic heterocycles. The van der Waals surface area contributed by atoms with E-state index in [-0.39, 0.29) is 0 Å². The number of thiocarbonyl (C=S) groups is 1. The molecular formula is C14H17N3O2S. The molecule has 1 aliphatic heterocycles. The van der Waals surface area contributed by atoms with Crippen LogP contribution in [0.15, 0.2) is 18.2 Å². The molecule has 0 saturated carbocycles. The first kappa shape index (κ1) is 14.6. The third-order valence-corrected chi connectivity index (χ3v) is 3.71. The number of hydrogen-bond acceptors (Lipinski definition) is 4. The summed E-state index contributed by atoms with van der Waals surface area (Å²) in [5.74, 6) is 0.649. The summed E-state index contributed by atoms with van der Waals surface area (Å²) < 4.78 is 5.81. The fraction of sp³-hybridized carbons (Fsp3) is 0.429. The lowest BCUT2D eigenvalue weighted by molar-refractivity contribution is -0.0610. The zero-order chi connectivity index (χ0) is 14.9. The zero-order valence-electron chi connectivity index (χ0n) is 11.6. The van der Waals surface area contributed by atoms with Gasteiger partial charge in [-0.3, -0.25) is 0 Å². The van der Waals surface area contributed by atoms with Gasteiger partial charge in [0.25, 0.3) is 0 Å². The molecule has 20 heavy (non-hydrogen) atoms. The van der Waals surface area contributed by atoms with Gasteiger partial charge in [0, 0.05) is 12.6 Å². The van der Waals surface area contributed by atoms with Gasteiger partial charge in [-0.25, -0.2) is 0 Å². The van der Waals surface area contributed by atoms with E-state index in [0.717, 1.165) is 5.56 Å². The maximum atomic E-state index is 10.5. The quantitative estimate of drug-likeness (QED) is 0.676. The van der Waals surface area contributed by atoms with Crippen LogP contribution in [0.4, 0.5) is 0 Å². The van der Waals surface area contributed by atoms with Gasteiger partial charge in [-0.1, -0.05) is 0 Å². The van der Waals surface area contributed by atoms with Gasteiger partial charge in [0.05, 0.1) is 17.7 Å². The molecule has 0 radical (unpaired) electrons. The number of benzene rings is 1. The van der Waals surface area contributed by atoms with Gasteiger partial charge in [-0.15, -0.1) is 0 Å². The minimum atomic E-state index is -0.796. The maximum absolute atomic E-state index is 10.5. The van der Waals surface area contributed by atoms with Gasteiger partial charge in [0.1, 0.15) is 17.5 Å². The lowest BCUT2D eigenvalue weighted by atomic mass is 9.86. The predicted molar refractivity (Wildman–Crippen MR) is 79.4 cm³/mol. The van der Waals surface area contributed by atoms with Gasteiger partial charge in [0.2, 0.25) is 0 Å². The van der Waals surface area contributed by atoms with Gasteiger partial charge in [0.15, 0.2) is 5.11 Å². The number of aliphatic hydroxyl groups is 1. The first-order valence-corrected chi connectivity index (χ1v) is 6.69. The summed E-state index contributed by atoms with van der Waals surface area (Å²) in [6.45, 7) is 3.63. The second kappa shape index (κ2) is 5.27. The van der Waals surface area contributed by atoms with Crippen LogP contribution >= 0.6 is 12.2 Å². The number of rotatable bonds is 1. The number of aliphatic hydroxyl groups excluding tert-OH is 1. The standard InChI is InChI=1S/C14H17N3O2S/c1-14(2)12(18)11(17-13(20)16-3)9-6-8(7-15)4-5-10(9)19-14/h4-6,11-12,18H,1-3H3,(H2,16,17,20)/t11?,12-/m0/s1. The van der Waals surface area contributed by atoms with Crippen LogP contribution in [0.2, 0.25) is 0 Å². The Morgan fingerprint density at radius 1 is 1.50 bits per heavy atom. The van der Waals surface area contributed by atoms with Crippen molar-refractivity contribution in [3.8, 4) is 11.8 Å². The molecule has 1 unspecified atom stereocenters. The molecule has 1 heterocycles. The predicted octanol–water partition coefficient (Wildman–Crippen LogP) is 1.23. The van der Waals surface area contributed by atoms with Crippen LogP contribution in [-0.4, -0.2) is 29.0 Å². The zero-order valence-corrected chi connectivity index (χ0v) is 12.4. The van der Waals surface area contributed by atoms with Crippen LogP contribution in [0.3, 0.4) is 0 Å². The molecule has 6 heteroatoms. The molecule has 1 aliphatic rings. The van der Waals surface area contributed by atoms with E-state index < -0.39 is 17.7 Å². The Hall–Kier alpha value is -1.84. The van der Waals surface area contributed by atoms with Crippen LogP contribution in [-0.2, 0) is 0 Å². The summed E-state index contributed by atoms with van der Waals surface area (Å²) in [7, 11) is 1.71. The van der Waals surface area contributed by atoms with Crippen LogP contribution in [0.5, 0.6) is 5.75 Å². The molecular weight excluding hydrogens is 274 g/mol. The number of nitrogens with one attached hydrogen (secondary N) is 2. The summed E-state index contributed by atoms with van der Waals surface area (Å²) in [6, 6.07) is 6.81. The van der Waals surface area contributed by atoms with Gasteiger partial charge in [-0.2, -0.15) is 5.26 Å². The topological polar surface area (TPSA) is 77.3 Å². The van der Waals surface area contributed by atoms with E-state index in [1.54, 1.807) is 25.2 Å². The largest absolute Gasteiger partial charge is 0.485 e. The fourth-order valence-electron chi connectivity index (χ4n) is 2.24. The SMILES string of the molecule is CNC(=S)NC1c2cc(C#N)ccc2OC(C)(C)[C@H]1O. The highest BCUT2D eigenvalue weighted by Gasteiger charge is 2.43. The summed E-state index contributed by atoms with van der Waals surface area (Å²) in [4.78, 5) is 0. The summed E-state index contributed by atoms with van der Waals surface area (Å²) in [5, 5.41) is 25.8. The Labute approximate surface area is 123 Å². The van der Waals surface area contributed by atoms with E-state index in [0.29, 0.717) is 16.4 Å². The molecule has 1 aromatic carbocycles. The van der Waals surface area contributed by atoms with E-state index in [1.807, 2.05) is 13.8 Å². The Kier molecular flexibility index (Phi) is 3.84. The van der Waals surface area contributed by atoms with Crippen molar-refractivity contribution in [1.29, 1.82) is 5.26 Å². The van der Waals surface area contributed by atoms with Crippen molar-refractivity contribution in [3.05, 3.63) is 29.3 Å². The number of hydrogen-bond donors (Lipinski definition) is 3. The highest BCUT2D eigenvalue weighted by atomic mass is 32.1. The van der Waals surface area contributed by atoms with Crippen molar-refractivity contribution >= 4 is 17.3 Å². The lowest BCUT2D eigenvalue weighted by Crippen LogP contribution is -2.54. The number of nitriles is 1. The molecule has 0 aliphatic carbocycles. The maximum Gasteiger partial charge on any atom is 0.166 e. The first-order valence-electron chi connectivity index (χ1n) is 6.28. The number of fused-ring (bicyclic) bond motifs is 1. The molecule has 0 spiro atoms. The van der Waals surface area contributed by atoms with Crippen LogP contribution in [0.1, 0.15) is 31.0 Å². The van der Waals surface area contributed by atoms with E-state index in [4.69, 9.17) is 22.2 Å². The van der Waals surface area contributed by atoms with Gasteiger partial charge < -0.3 is 20.5 Å². The second-order valence-electron chi connectivity index (χ2n) is 5.22. The van der Waals surface area contributed by atoms with Crippen molar-refractivity contribution in [2.45, 2.75) is 31.6 Å². The van der Waals surface area contributed by atoms with Gasteiger partial charge in [-0.05, 0) is 44.3 Å². The van der Waals surface area contributed by atoms with E-state index in [9.17, 15) is 5.11 Å². The molecule has 0 fully saturated rings. The summed E-state index contributed by atoms with van der Waals surface area (Å²) in [6.07, 6.45) is -0.796. The van der Waals surface area contributed by atoms with E-state index in [1.165, 1.54) is 0 Å². The average molecular weight is 291 g/mol. The first-order chi connectivity index (χ1) is 9.39. The van der Waals surface area contributed by atoms with E-state index >= 15 is 0 Å². The molecule has 3 N–H and O–H groups in total. The minimum Gasteiger partial charge on any atom is -0.485 e. The summed E-state index contributed by atoms with van der Waals surface area (Å²) in [5.41, 5.74) is 0.497. The molecule has 5 nitrogen and oxygen atoms in total. The number of ether oxygens (including phenoxy) is 1. The molecule has 0 bridgehead atoms. The Balaban J connectivity index is 2.48. The third-order valence-electron chi connectivity index (χ3n) is 3.39. The fourth-order valence-corrected chi connectivity index (χ4v) is 2.37. The Bertz CT molecular complexity index is 580. The van der Waals surface area contributed by atoms with Gasteiger partial charge >= 0.3 is 0 Å². The molecule has 0 amide bonds. The minimum absolute atomic E-state index is 0.429. The van der Waals surface area contributed by atoms with Crippen molar-refractivity contribution in [2.24, 2.45) is 0 Å². The molecule has 106 valence electrons. The molecule has 0 saturated heterocycles. The lowest BCUT2D eigenvalue weighted by Gasteiger charge is -2.42. The van der Waals surface area contributed by atoms with E-state index in [2.05, 4.69) is 16.7 Å². The molecule has 2 rings (SSSR count). The molecule has 1 aromatic rings. The van der Waals surface area contributed by atoms with Crippen molar-refractivity contribution in [3.63, 3.8) is 0 Å². The highest BCUT2D eigenvalue weighted by Crippen LogP contribution is 2.40. The third kappa shape index (κ3) is 2.55. The number of nitrogens with zero attached hydrogens (tertiary/aromatic N) is 1. The smallest absolute Gasteiger partial charge is 0.166 e. The Morgan fingerprint density at radius 3 is 2.80 bits per heavy atom. The van der Waals surface area contributed by atoms with Crippen molar-refractivity contribution in [1.82, 2.24) is 10.6 Å². The molecule has 2 atom stereocenters. The van der Waals surface area contributed by atoms with Crippen LogP contribution < -0.4 is 15.4 Å². The monoisotopic (exact) mass is 291 g/mol. The second-order valence-corrected chi connectivity index (χ2v) is 5.62. The van der Waals surface area contributed by atoms with Crippen molar-refractivity contribution in [2.75, 3.05) is 7.05 Å².